The van der Waals surface area contributed by atoms with Gasteiger partial charge in [-0.1, -0.05) is 12.1 Å². The Kier molecular flexibility index (Phi) is 4.14. The van der Waals surface area contributed by atoms with Crippen LogP contribution in [0.3, 0.4) is 0 Å². The van der Waals surface area contributed by atoms with E-state index in [9.17, 15) is 4.79 Å². The Morgan fingerprint density at radius 3 is 2.33 bits per heavy atom. The van der Waals surface area contributed by atoms with Gasteiger partial charge in [0.2, 0.25) is 0 Å². The molecule has 0 saturated carbocycles. The molecule has 0 unspecified atom stereocenters. The van der Waals surface area contributed by atoms with Crippen LogP contribution >= 0.6 is 0 Å². The molecule has 0 aliphatic heterocycles. The van der Waals surface area contributed by atoms with Crippen molar-refractivity contribution < 1.29 is 9.90 Å². The van der Waals surface area contributed by atoms with Gasteiger partial charge in [-0.3, -0.25) is 4.79 Å². The van der Waals surface area contributed by atoms with Crippen LogP contribution in [-0.2, 0) is 11.3 Å². The van der Waals surface area contributed by atoms with Crippen LogP contribution in [0.2, 0.25) is 0 Å². The van der Waals surface area contributed by atoms with Crippen LogP contribution < -0.4 is 0 Å². The van der Waals surface area contributed by atoms with Crippen LogP contribution in [0.15, 0.2) is 30.3 Å². The summed E-state index contributed by atoms with van der Waals surface area (Å²) in [4.78, 5) is 15.9. The maximum Gasteiger partial charge on any atom is 0.305 e. The second-order valence-electron chi connectivity index (χ2n) is 6.46. The van der Waals surface area contributed by atoms with Gasteiger partial charge in [-0.15, -0.1) is 0 Å². The number of aliphatic carboxylic acids is 1. The highest BCUT2D eigenvalue weighted by Crippen LogP contribution is 2.28. The van der Waals surface area contributed by atoms with Crippen LogP contribution in [0.1, 0.15) is 28.7 Å². The van der Waals surface area contributed by atoms with Crippen LogP contribution in [0.25, 0.3) is 22.4 Å². The molecule has 3 aromatic rings. The van der Waals surface area contributed by atoms with Gasteiger partial charge >= 0.3 is 5.97 Å². The number of aryl methyl sites for hydroxylation is 5. The molecular formula is C20H22N2O2. The summed E-state index contributed by atoms with van der Waals surface area (Å²) in [6.07, 6.45) is 0.0796. The van der Waals surface area contributed by atoms with Crippen LogP contribution in [-0.4, -0.2) is 20.6 Å². The van der Waals surface area contributed by atoms with Gasteiger partial charge in [-0.05, 0) is 68.1 Å². The monoisotopic (exact) mass is 322 g/mol. The third-order valence-electron chi connectivity index (χ3n) is 4.68. The Morgan fingerprint density at radius 2 is 1.67 bits per heavy atom. The summed E-state index contributed by atoms with van der Waals surface area (Å²) in [5, 5.41) is 9.09. The van der Waals surface area contributed by atoms with Gasteiger partial charge in [0, 0.05) is 12.1 Å². The standard InChI is InChI=1S/C20H22N2O2/c1-12-5-6-16(9-13(12)2)20-21-17-10-14(3)15(4)11-18(17)22(20)8-7-19(23)24/h5-6,9-11H,7-8H2,1-4H3,(H,23,24). The molecule has 1 heterocycles. The molecule has 24 heavy (non-hydrogen) atoms. The zero-order chi connectivity index (χ0) is 17.4. The first-order valence-corrected chi connectivity index (χ1v) is 8.13. The van der Waals surface area contributed by atoms with Crippen molar-refractivity contribution in [1.29, 1.82) is 0 Å². The SMILES string of the molecule is Cc1ccc(-c2nc3cc(C)c(C)cc3n2CCC(=O)O)cc1C. The number of imidazole rings is 1. The number of nitrogens with zero attached hydrogens (tertiary/aromatic N) is 2. The Hall–Kier alpha value is -2.62. The lowest BCUT2D eigenvalue weighted by Gasteiger charge is -2.10. The van der Waals surface area contributed by atoms with Crippen molar-refractivity contribution in [2.75, 3.05) is 0 Å². The van der Waals surface area contributed by atoms with Crippen molar-refractivity contribution in [3.8, 4) is 11.4 Å². The molecule has 4 heteroatoms. The Morgan fingerprint density at radius 1 is 1.00 bits per heavy atom. The van der Waals surface area contributed by atoms with Crippen LogP contribution in [0, 0.1) is 27.7 Å². The number of carboxylic acid groups (broad SMARTS) is 1. The molecule has 0 spiro atoms. The highest BCUT2D eigenvalue weighted by molar-refractivity contribution is 5.82. The van der Waals surface area contributed by atoms with E-state index < -0.39 is 5.97 Å². The topological polar surface area (TPSA) is 55.1 Å². The number of benzene rings is 2. The molecule has 0 fully saturated rings. The number of fused-ring (bicyclic) bond motifs is 1. The summed E-state index contributed by atoms with van der Waals surface area (Å²) in [6.45, 7) is 8.72. The average molecular weight is 322 g/mol. The quantitative estimate of drug-likeness (QED) is 0.774. The number of hydrogen-bond donors (Lipinski definition) is 1. The number of aromatic nitrogens is 2. The van der Waals surface area contributed by atoms with E-state index in [1.54, 1.807) is 0 Å². The van der Waals surface area contributed by atoms with Gasteiger partial charge in [-0.2, -0.15) is 0 Å². The largest absolute Gasteiger partial charge is 0.481 e. The van der Waals surface area contributed by atoms with Crippen LogP contribution in [0.4, 0.5) is 0 Å². The second kappa shape index (κ2) is 6.11. The maximum atomic E-state index is 11.1. The fourth-order valence-corrected chi connectivity index (χ4v) is 2.91. The van der Waals surface area contributed by atoms with E-state index in [-0.39, 0.29) is 6.42 Å². The summed E-state index contributed by atoms with van der Waals surface area (Å²) in [5.41, 5.74) is 7.75. The van der Waals surface area contributed by atoms with E-state index in [4.69, 9.17) is 10.1 Å². The van der Waals surface area contributed by atoms with Crippen molar-refractivity contribution in [2.24, 2.45) is 0 Å². The highest BCUT2D eigenvalue weighted by atomic mass is 16.4. The van der Waals surface area contributed by atoms with Gasteiger partial charge in [0.15, 0.2) is 0 Å². The Labute approximate surface area is 141 Å². The van der Waals surface area contributed by atoms with Gasteiger partial charge in [0.1, 0.15) is 5.82 Å². The summed E-state index contributed by atoms with van der Waals surface area (Å²) in [6, 6.07) is 10.4. The first-order valence-electron chi connectivity index (χ1n) is 8.13. The van der Waals surface area contributed by atoms with E-state index in [0.29, 0.717) is 6.54 Å². The van der Waals surface area contributed by atoms with Crippen molar-refractivity contribution >= 4 is 17.0 Å². The smallest absolute Gasteiger partial charge is 0.305 e. The van der Waals surface area contributed by atoms with E-state index in [1.807, 2.05) is 4.57 Å². The lowest BCUT2D eigenvalue weighted by Crippen LogP contribution is -2.06. The highest BCUT2D eigenvalue weighted by Gasteiger charge is 2.15. The zero-order valence-corrected chi connectivity index (χ0v) is 14.6. The number of hydrogen-bond acceptors (Lipinski definition) is 2. The number of carbonyl (C=O) groups is 1. The lowest BCUT2D eigenvalue weighted by molar-refractivity contribution is -0.137. The molecule has 0 amide bonds. The molecule has 0 bridgehead atoms. The van der Waals surface area contributed by atoms with Gasteiger partial charge in [0.25, 0.3) is 0 Å². The lowest BCUT2D eigenvalue weighted by atomic mass is 10.1. The number of rotatable bonds is 4. The molecule has 1 N–H and O–H groups in total. The summed E-state index contributed by atoms with van der Waals surface area (Å²) in [5.74, 6) is 0.0334. The summed E-state index contributed by atoms with van der Waals surface area (Å²) in [7, 11) is 0. The van der Waals surface area contributed by atoms with Gasteiger partial charge < -0.3 is 9.67 Å². The number of carboxylic acids is 1. The molecular weight excluding hydrogens is 300 g/mol. The average Bonchev–Trinajstić information content (AvgIpc) is 2.86. The first-order chi connectivity index (χ1) is 11.4. The fraction of sp³-hybridized carbons (Fsp3) is 0.300. The minimum absolute atomic E-state index is 0.0796. The minimum Gasteiger partial charge on any atom is -0.481 e. The minimum atomic E-state index is -0.799. The predicted molar refractivity (Wildman–Crippen MR) is 96.4 cm³/mol. The first kappa shape index (κ1) is 16.2. The van der Waals surface area contributed by atoms with Crippen molar-refractivity contribution in [3.05, 3.63) is 52.6 Å². The maximum absolute atomic E-state index is 11.1. The fourth-order valence-electron chi connectivity index (χ4n) is 2.91. The predicted octanol–water partition coefficient (Wildman–Crippen LogP) is 4.41. The van der Waals surface area contributed by atoms with E-state index in [1.165, 1.54) is 22.3 Å². The Bertz CT molecular complexity index is 938. The molecule has 0 radical (unpaired) electrons. The second-order valence-corrected chi connectivity index (χ2v) is 6.46. The van der Waals surface area contributed by atoms with Crippen LogP contribution in [0.5, 0.6) is 0 Å². The summed E-state index contributed by atoms with van der Waals surface area (Å²) < 4.78 is 2.03. The molecule has 3 rings (SSSR count). The molecule has 0 aliphatic rings. The van der Waals surface area contributed by atoms with Crippen molar-refractivity contribution in [2.45, 2.75) is 40.7 Å². The van der Waals surface area contributed by atoms with E-state index >= 15 is 0 Å². The third-order valence-corrected chi connectivity index (χ3v) is 4.68. The van der Waals surface area contributed by atoms with Crippen molar-refractivity contribution in [1.82, 2.24) is 9.55 Å². The molecule has 124 valence electrons. The summed E-state index contributed by atoms with van der Waals surface area (Å²) >= 11 is 0. The van der Waals surface area contributed by atoms with E-state index in [2.05, 4.69) is 58.0 Å². The van der Waals surface area contributed by atoms with Crippen molar-refractivity contribution in [3.63, 3.8) is 0 Å². The van der Waals surface area contributed by atoms with Gasteiger partial charge in [0.05, 0.1) is 17.5 Å². The molecule has 0 aliphatic carbocycles. The normalized spacial score (nSPS) is 11.2. The zero-order valence-electron chi connectivity index (χ0n) is 14.6. The van der Waals surface area contributed by atoms with Gasteiger partial charge in [-0.25, -0.2) is 4.98 Å². The molecule has 0 saturated heterocycles. The molecule has 4 nitrogen and oxygen atoms in total. The Balaban J connectivity index is 2.22. The molecule has 1 aromatic heterocycles. The van der Waals surface area contributed by atoms with E-state index in [0.717, 1.165) is 22.4 Å². The molecule has 0 atom stereocenters. The third kappa shape index (κ3) is 2.92. The molecule has 2 aromatic carbocycles.